The molecule has 0 aliphatic heterocycles. The van der Waals surface area contributed by atoms with Gasteiger partial charge in [-0.1, -0.05) is 29.8 Å². The zero-order valence-electron chi connectivity index (χ0n) is 16.7. The maximum Gasteiger partial charge on any atom is 0.360 e. The van der Waals surface area contributed by atoms with Gasteiger partial charge in [-0.15, -0.1) is 0 Å². The number of carbonyl (C=O) groups is 1. The highest BCUT2D eigenvalue weighted by atomic mass is 35.5. The third kappa shape index (κ3) is 6.72. The summed E-state index contributed by atoms with van der Waals surface area (Å²) in [6, 6.07) is 7.23. The van der Waals surface area contributed by atoms with Gasteiger partial charge in [0.2, 0.25) is 5.95 Å². The number of nitrogens with zero attached hydrogens (tertiary/aromatic N) is 4. The van der Waals surface area contributed by atoms with Gasteiger partial charge in [0, 0.05) is 43.0 Å². The average molecular weight is 407 g/mol. The number of aromatic nitrogens is 2. The number of hydrogen-bond acceptors (Lipinski definition) is 8. The van der Waals surface area contributed by atoms with E-state index in [1.165, 1.54) is 6.20 Å². The van der Waals surface area contributed by atoms with Crippen molar-refractivity contribution >= 4 is 23.5 Å². The van der Waals surface area contributed by atoms with Crippen molar-refractivity contribution in [1.82, 2.24) is 25.2 Å². The molecule has 2 rings (SSSR count). The highest BCUT2D eigenvalue weighted by molar-refractivity contribution is 6.33. The summed E-state index contributed by atoms with van der Waals surface area (Å²) in [5.74, 6) is -0.137. The first-order valence-corrected chi connectivity index (χ1v) is 9.35. The molecule has 0 bridgehead atoms. The molecule has 1 heterocycles. The van der Waals surface area contributed by atoms with Crippen molar-refractivity contribution in [2.45, 2.75) is 0 Å². The van der Waals surface area contributed by atoms with Crippen molar-refractivity contribution < 1.29 is 9.63 Å². The van der Waals surface area contributed by atoms with Gasteiger partial charge >= 0.3 is 5.97 Å². The molecule has 8 nitrogen and oxygen atoms in total. The summed E-state index contributed by atoms with van der Waals surface area (Å²) in [5, 5.41) is 3.65. The molecule has 0 spiro atoms. The Kier molecular flexibility index (Phi) is 8.59. The van der Waals surface area contributed by atoms with Crippen LogP contribution in [-0.2, 0) is 4.84 Å². The average Bonchev–Trinajstić information content (AvgIpc) is 2.65. The van der Waals surface area contributed by atoms with Crippen molar-refractivity contribution in [3.8, 4) is 11.3 Å². The summed E-state index contributed by atoms with van der Waals surface area (Å²) in [6.45, 7) is 2.73. The summed E-state index contributed by atoms with van der Waals surface area (Å²) in [5.41, 5.74) is 3.97. The lowest BCUT2D eigenvalue weighted by atomic mass is 10.1. The molecule has 0 radical (unpaired) electrons. The van der Waals surface area contributed by atoms with Gasteiger partial charge in [-0.3, -0.25) is 0 Å². The Morgan fingerprint density at radius 3 is 2.46 bits per heavy atom. The minimum Gasteiger partial charge on any atom is -0.367 e. The lowest BCUT2D eigenvalue weighted by molar-refractivity contribution is 0.0243. The van der Waals surface area contributed by atoms with Crippen molar-refractivity contribution in [2.24, 2.45) is 0 Å². The van der Waals surface area contributed by atoms with Crippen LogP contribution < -0.4 is 10.8 Å². The maximum atomic E-state index is 12.6. The fraction of sp³-hybridized carbons (Fsp3) is 0.421. The van der Waals surface area contributed by atoms with Crippen LogP contribution >= 0.6 is 11.6 Å². The summed E-state index contributed by atoms with van der Waals surface area (Å²) < 4.78 is 0. The van der Waals surface area contributed by atoms with Crippen LogP contribution in [0.3, 0.4) is 0 Å². The third-order valence-electron chi connectivity index (χ3n) is 3.81. The largest absolute Gasteiger partial charge is 0.367 e. The molecular formula is C19H27ClN6O2. The molecule has 28 heavy (non-hydrogen) atoms. The van der Waals surface area contributed by atoms with Gasteiger partial charge in [-0.25, -0.2) is 14.8 Å². The molecule has 0 aliphatic carbocycles. The third-order valence-corrected chi connectivity index (χ3v) is 4.14. The van der Waals surface area contributed by atoms with Crippen LogP contribution in [-0.4, -0.2) is 80.1 Å². The van der Waals surface area contributed by atoms with E-state index >= 15 is 0 Å². The second-order valence-electron chi connectivity index (χ2n) is 6.75. The Morgan fingerprint density at radius 2 is 1.79 bits per heavy atom. The normalized spacial score (nSPS) is 11.1. The molecule has 2 N–H and O–H groups in total. The first-order chi connectivity index (χ1) is 13.4. The fourth-order valence-corrected chi connectivity index (χ4v) is 2.53. The molecule has 0 amide bonds. The number of rotatable bonds is 10. The predicted molar refractivity (Wildman–Crippen MR) is 111 cm³/mol. The number of likely N-dealkylation sites (N-methyl/N-ethyl adjacent to an activating group) is 2. The fourth-order valence-electron chi connectivity index (χ4n) is 2.31. The zero-order chi connectivity index (χ0) is 20.5. The Labute approximate surface area is 170 Å². The molecule has 0 saturated carbocycles. The number of nitrogens with one attached hydrogen (secondary N) is 2. The number of hydrogen-bond donors (Lipinski definition) is 2. The number of benzene rings is 1. The first-order valence-electron chi connectivity index (χ1n) is 8.97. The number of halogens is 1. The summed E-state index contributed by atoms with van der Waals surface area (Å²) in [4.78, 5) is 30.5. The van der Waals surface area contributed by atoms with Crippen molar-refractivity contribution in [1.29, 1.82) is 0 Å². The van der Waals surface area contributed by atoms with E-state index in [2.05, 4.69) is 20.8 Å². The van der Waals surface area contributed by atoms with E-state index in [4.69, 9.17) is 16.4 Å². The predicted octanol–water partition coefficient (Wildman–Crippen LogP) is 1.99. The maximum absolute atomic E-state index is 12.6. The van der Waals surface area contributed by atoms with Crippen molar-refractivity contribution in [2.75, 3.05) is 59.7 Å². The monoisotopic (exact) mass is 406 g/mol. The summed E-state index contributed by atoms with van der Waals surface area (Å²) in [6.07, 6.45) is 1.46. The molecule has 1 aromatic carbocycles. The minimum absolute atomic E-state index is 0.239. The van der Waals surface area contributed by atoms with E-state index in [0.717, 1.165) is 13.1 Å². The molecule has 152 valence electrons. The van der Waals surface area contributed by atoms with Gasteiger partial charge in [0.05, 0.1) is 5.69 Å². The molecule has 0 fully saturated rings. The molecule has 1 aromatic heterocycles. The molecule has 0 unspecified atom stereocenters. The van der Waals surface area contributed by atoms with Crippen LogP contribution in [0.25, 0.3) is 11.3 Å². The van der Waals surface area contributed by atoms with Gasteiger partial charge in [-0.2, -0.15) is 5.48 Å². The van der Waals surface area contributed by atoms with Crippen molar-refractivity contribution in [3.63, 3.8) is 0 Å². The topological polar surface area (TPSA) is 82.6 Å². The Bertz CT molecular complexity index is 785. The number of hydroxylamine groups is 1. The van der Waals surface area contributed by atoms with Crippen LogP contribution in [0.2, 0.25) is 5.02 Å². The Morgan fingerprint density at radius 1 is 1.11 bits per heavy atom. The van der Waals surface area contributed by atoms with Gasteiger partial charge in [0.15, 0.2) is 0 Å². The van der Waals surface area contributed by atoms with Gasteiger partial charge < -0.3 is 20.0 Å². The van der Waals surface area contributed by atoms with E-state index in [1.807, 2.05) is 56.2 Å². The van der Waals surface area contributed by atoms with Gasteiger partial charge in [0.1, 0.15) is 5.56 Å². The summed E-state index contributed by atoms with van der Waals surface area (Å²) in [7, 11) is 7.85. The summed E-state index contributed by atoms with van der Waals surface area (Å²) >= 11 is 6.33. The number of anilines is 1. The molecule has 0 aliphatic rings. The highest BCUT2D eigenvalue weighted by Crippen LogP contribution is 2.29. The lowest BCUT2D eigenvalue weighted by Crippen LogP contribution is -2.29. The quantitative estimate of drug-likeness (QED) is 0.458. The van der Waals surface area contributed by atoms with Crippen LogP contribution in [0.5, 0.6) is 0 Å². The zero-order valence-corrected chi connectivity index (χ0v) is 17.5. The number of carbonyl (C=O) groups excluding carboxylic acids is 1. The minimum atomic E-state index is -0.562. The second-order valence-corrected chi connectivity index (χ2v) is 7.16. The standard InChI is InChI=1S/C19H27ClN6O2/c1-25(2)11-9-21-19-22-13-15(18(27)28-23-10-12-26(3)4)17(24-19)14-7-5-6-8-16(14)20/h5-8,13,23H,9-12H2,1-4H3,(H,21,22,24). The second kappa shape index (κ2) is 10.9. The SMILES string of the molecule is CN(C)CCNOC(=O)c1cnc(NCCN(C)C)nc1-c1ccccc1Cl. The van der Waals surface area contributed by atoms with E-state index in [0.29, 0.717) is 35.3 Å². The van der Waals surface area contributed by atoms with E-state index in [1.54, 1.807) is 6.07 Å². The van der Waals surface area contributed by atoms with Crippen LogP contribution in [0.15, 0.2) is 30.5 Å². The Hall–Kier alpha value is -2.26. The van der Waals surface area contributed by atoms with Gasteiger partial charge in [-0.05, 0) is 34.3 Å². The first kappa shape index (κ1) is 22.0. The molecular weight excluding hydrogens is 380 g/mol. The highest BCUT2D eigenvalue weighted by Gasteiger charge is 2.19. The molecule has 9 heteroatoms. The van der Waals surface area contributed by atoms with Crippen molar-refractivity contribution in [3.05, 3.63) is 41.0 Å². The van der Waals surface area contributed by atoms with E-state index in [-0.39, 0.29) is 5.56 Å². The molecule has 0 atom stereocenters. The lowest BCUT2D eigenvalue weighted by Gasteiger charge is -2.14. The molecule has 2 aromatic rings. The van der Waals surface area contributed by atoms with Crippen LogP contribution in [0, 0.1) is 0 Å². The van der Waals surface area contributed by atoms with Crippen LogP contribution in [0.1, 0.15) is 10.4 Å². The Balaban J connectivity index is 2.23. The van der Waals surface area contributed by atoms with Gasteiger partial charge in [0.25, 0.3) is 0 Å². The van der Waals surface area contributed by atoms with E-state index in [9.17, 15) is 4.79 Å². The van der Waals surface area contributed by atoms with Crippen LogP contribution in [0.4, 0.5) is 5.95 Å². The molecule has 0 saturated heterocycles. The smallest absolute Gasteiger partial charge is 0.360 e. The van der Waals surface area contributed by atoms with E-state index < -0.39 is 5.97 Å².